The first-order chi connectivity index (χ1) is 14.7. The smallest absolute Gasteiger partial charge is 0.255 e. The standard InChI is InChI=1S/C21H24ClN5O3S/c1-15(2)25(3)31(29,30)17-6-7-19(22)18(13-17)21(28)27-11-9-26(10-12-27)20-16(14-23)5-4-8-24-20/h4-8,13,15H,9-12H2,1-3H3. The van der Waals surface area contributed by atoms with Crippen molar-refractivity contribution in [3.8, 4) is 6.07 Å². The van der Waals surface area contributed by atoms with Gasteiger partial charge >= 0.3 is 0 Å². The maximum Gasteiger partial charge on any atom is 0.255 e. The first-order valence-corrected chi connectivity index (χ1v) is 11.7. The van der Waals surface area contributed by atoms with E-state index in [1.807, 2.05) is 4.90 Å². The van der Waals surface area contributed by atoms with Crippen molar-refractivity contribution in [3.63, 3.8) is 0 Å². The molecule has 0 atom stereocenters. The molecule has 1 aliphatic rings. The SMILES string of the molecule is CC(C)N(C)S(=O)(=O)c1ccc(Cl)c(C(=O)N2CCN(c3ncccc3C#N)CC2)c1. The van der Waals surface area contributed by atoms with Gasteiger partial charge in [0, 0.05) is 45.5 Å². The molecule has 1 amide bonds. The summed E-state index contributed by atoms with van der Waals surface area (Å²) >= 11 is 6.25. The highest BCUT2D eigenvalue weighted by Gasteiger charge is 2.28. The molecular weight excluding hydrogens is 438 g/mol. The third-order valence-corrected chi connectivity index (χ3v) is 7.71. The lowest BCUT2D eigenvalue weighted by Crippen LogP contribution is -2.49. The molecular formula is C21H24ClN5O3S. The molecule has 0 spiro atoms. The molecule has 10 heteroatoms. The van der Waals surface area contributed by atoms with Crippen molar-refractivity contribution in [1.29, 1.82) is 5.26 Å². The van der Waals surface area contributed by atoms with Crippen LogP contribution < -0.4 is 4.90 Å². The molecule has 1 fully saturated rings. The van der Waals surface area contributed by atoms with Gasteiger partial charge in [-0.05, 0) is 44.2 Å². The number of hydrogen-bond acceptors (Lipinski definition) is 6. The van der Waals surface area contributed by atoms with E-state index in [4.69, 9.17) is 11.6 Å². The Morgan fingerprint density at radius 2 is 1.90 bits per heavy atom. The van der Waals surface area contributed by atoms with Crippen LogP contribution in [0.3, 0.4) is 0 Å². The van der Waals surface area contributed by atoms with E-state index in [9.17, 15) is 18.5 Å². The molecule has 1 saturated heterocycles. The lowest BCUT2D eigenvalue weighted by molar-refractivity contribution is 0.0746. The Hall–Kier alpha value is -2.67. The van der Waals surface area contributed by atoms with E-state index in [0.29, 0.717) is 37.6 Å². The molecule has 1 aliphatic heterocycles. The second-order valence-electron chi connectivity index (χ2n) is 7.52. The van der Waals surface area contributed by atoms with Gasteiger partial charge in [-0.25, -0.2) is 13.4 Å². The molecule has 0 unspecified atom stereocenters. The van der Waals surface area contributed by atoms with E-state index in [1.165, 1.54) is 29.6 Å². The molecule has 0 saturated carbocycles. The van der Waals surface area contributed by atoms with E-state index >= 15 is 0 Å². The Morgan fingerprint density at radius 1 is 1.23 bits per heavy atom. The van der Waals surface area contributed by atoms with Gasteiger partial charge in [0.05, 0.1) is 21.0 Å². The number of pyridine rings is 1. The van der Waals surface area contributed by atoms with Crippen LogP contribution in [0.25, 0.3) is 0 Å². The fourth-order valence-electron chi connectivity index (χ4n) is 3.30. The third-order valence-electron chi connectivity index (χ3n) is 5.35. The minimum Gasteiger partial charge on any atom is -0.352 e. The molecule has 0 radical (unpaired) electrons. The average Bonchev–Trinajstić information content (AvgIpc) is 2.78. The van der Waals surface area contributed by atoms with Crippen LogP contribution in [0.4, 0.5) is 5.82 Å². The Balaban J connectivity index is 1.79. The van der Waals surface area contributed by atoms with Crippen LogP contribution in [0, 0.1) is 11.3 Å². The summed E-state index contributed by atoms with van der Waals surface area (Å²) < 4.78 is 26.9. The molecule has 31 heavy (non-hydrogen) atoms. The van der Waals surface area contributed by atoms with E-state index in [1.54, 1.807) is 37.1 Å². The van der Waals surface area contributed by atoms with Crippen LogP contribution in [0.5, 0.6) is 0 Å². The second-order valence-corrected chi connectivity index (χ2v) is 9.93. The Labute approximate surface area is 187 Å². The highest BCUT2D eigenvalue weighted by molar-refractivity contribution is 7.89. The number of carbonyl (C=O) groups excluding carboxylic acids is 1. The summed E-state index contributed by atoms with van der Waals surface area (Å²) in [4.78, 5) is 21.0. The summed E-state index contributed by atoms with van der Waals surface area (Å²) in [6, 6.07) is 9.53. The maximum absolute atomic E-state index is 13.1. The predicted octanol–water partition coefficient (Wildman–Crippen LogP) is 2.60. The van der Waals surface area contributed by atoms with Gasteiger partial charge in [0.15, 0.2) is 0 Å². The van der Waals surface area contributed by atoms with Crippen molar-refractivity contribution in [3.05, 3.63) is 52.7 Å². The molecule has 1 aromatic heterocycles. The summed E-state index contributed by atoms with van der Waals surface area (Å²) in [5, 5.41) is 9.49. The predicted molar refractivity (Wildman–Crippen MR) is 119 cm³/mol. The number of nitrogens with zero attached hydrogens (tertiary/aromatic N) is 5. The number of aromatic nitrogens is 1. The van der Waals surface area contributed by atoms with E-state index in [-0.39, 0.29) is 27.4 Å². The maximum atomic E-state index is 13.1. The van der Waals surface area contributed by atoms with E-state index in [0.717, 1.165) is 0 Å². The summed E-state index contributed by atoms with van der Waals surface area (Å²) in [7, 11) is -2.23. The number of halogens is 1. The number of anilines is 1. The lowest BCUT2D eigenvalue weighted by Gasteiger charge is -2.35. The normalized spacial score (nSPS) is 14.7. The van der Waals surface area contributed by atoms with Crippen LogP contribution >= 0.6 is 11.6 Å². The van der Waals surface area contributed by atoms with Crippen molar-refractivity contribution in [2.75, 3.05) is 38.1 Å². The van der Waals surface area contributed by atoms with Crippen LogP contribution in [0.1, 0.15) is 29.8 Å². The lowest BCUT2D eigenvalue weighted by atomic mass is 10.1. The first kappa shape index (κ1) is 23.0. The Morgan fingerprint density at radius 3 is 2.52 bits per heavy atom. The number of piperazine rings is 1. The largest absolute Gasteiger partial charge is 0.352 e. The van der Waals surface area contributed by atoms with Gasteiger partial charge < -0.3 is 9.80 Å². The van der Waals surface area contributed by atoms with Crippen molar-refractivity contribution >= 4 is 33.3 Å². The highest BCUT2D eigenvalue weighted by atomic mass is 35.5. The van der Waals surface area contributed by atoms with Crippen molar-refractivity contribution in [2.24, 2.45) is 0 Å². The quantitative estimate of drug-likeness (QED) is 0.678. The van der Waals surface area contributed by atoms with Gasteiger partial charge in [-0.3, -0.25) is 4.79 Å². The monoisotopic (exact) mass is 461 g/mol. The minimum atomic E-state index is -3.74. The van der Waals surface area contributed by atoms with Gasteiger partial charge in [0.1, 0.15) is 11.9 Å². The zero-order chi connectivity index (χ0) is 22.8. The van der Waals surface area contributed by atoms with Gasteiger partial charge in [-0.1, -0.05) is 11.6 Å². The average molecular weight is 462 g/mol. The Bertz CT molecular complexity index is 1120. The molecule has 2 aromatic rings. The van der Waals surface area contributed by atoms with E-state index in [2.05, 4.69) is 11.1 Å². The molecule has 3 rings (SSSR count). The third kappa shape index (κ3) is 4.66. The molecule has 164 valence electrons. The Kier molecular flexibility index (Phi) is 6.84. The van der Waals surface area contributed by atoms with Crippen LogP contribution in [0.15, 0.2) is 41.4 Å². The van der Waals surface area contributed by atoms with Gasteiger partial charge in [0.25, 0.3) is 5.91 Å². The first-order valence-electron chi connectivity index (χ1n) is 9.83. The summed E-state index contributed by atoms with van der Waals surface area (Å²) in [6.07, 6.45) is 1.63. The zero-order valence-electron chi connectivity index (χ0n) is 17.6. The van der Waals surface area contributed by atoms with Crippen LogP contribution in [-0.2, 0) is 10.0 Å². The van der Waals surface area contributed by atoms with Crippen LogP contribution in [-0.4, -0.2) is 67.8 Å². The van der Waals surface area contributed by atoms with Gasteiger partial charge in [-0.15, -0.1) is 0 Å². The van der Waals surface area contributed by atoms with Crippen LogP contribution in [0.2, 0.25) is 5.02 Å². The molecule has 0 bridgehead atoms. The summed E-state index contributed by atoms with van der Waals surface area (Å²) in [5.74, 6) is 0.273. The number of sulfonamides is 1. The molecule has 0 aliphatic carbocycles. The number of hydrogen-bond donors (Lipinski definition) is 0. The highest BCUT2D eigenvalue weighted by Crippen LogP contribution is 2.26. The molecule has 0 N–H and O–H groups in total. The number of amides is 1. The minimum absolute atomic E-state index is 0.0298. The van der Waals surface area contributed by atoms with E-state index < -0.39 is 10.0 Å². The van der Waals surface area contributed by atoms with Crippen molar-refractivity contribution in [1.82, 2.24) is 14.2 Å². The number of benzene rings is 1. The molecule has 1 aromatic carbocycles. The molecule has 2 heterocycles. The fourth-order valence-corrected chi connectivity index (χ4v) is 4.89. The van der Waals surface area contributed by atoms with Gasteiger partial charge in [0.2, 0.25) is 10.0 Å². The topological polar surface area (TPSA) is 97.6 Å². The summed E-state index contributed by atoms with van der Waals surface area (Å²) in [6.45, 7) is 5.36. The number of carbonyl (C=O) groups is 1. The molecule has 8 nitrogen and oxygen atoms in total. The number of rotatable bonds is 5. The fraction of sp³-hybridized carbons (Fsp3) is 0.381. The zero-order valence-corrected chi connectivity index (χ0v) is 19.2. The second kappa shape index (κ2) is 9.22. The van der Waals surface area contributed by atoms with Crippen molar-refractivity contribution in [2.45, 2.75) is 24.8 Å². The summed E-state index contributed by atoms with van der Waals surface area (Å²) in [5.41, 5.74) is 0.640. The number of nitriles is 1. The van der Waals surface area contributed by atoms with Gasteiger partial charge in [-0.2, -0.15) is 9.57 Å². The van der Waals surface area contributed by atoms with Crippen molar-refractivity contribution < 1.29 is 13.2 Å².